The summed E-state index contributed by atoms with van der Waals surface area (Å²) < 4.78 is 3.12. The number of carbonyl (C=O) groups excluding carboxylic acids is 1. The normalized spacial score (nSPS) is 11.0. The number of rotatable bonds is 6. The van der Waals surface area contributed by atoms with Crippen LogP contribution in [0.3, 0.4) is 0 Å². The van der Waals surface area contributed by atoms with Crippen molar-refractivity contribution < 1.29 is 4.79 Å². The Morgan fingerprint density at radius 1 is 1.17 bits per heavy atom. The molecule has 0 saturated carbocycles. The van der Waals surface area contributed by atoms with Crippen LogP contribution in [0.2, 0.25) is 0 Å². The van der Waals surface area contributed by atoms with Gasteiger partial charge in [0.15, 0.2) is 5.65 Å². The second-order valence-electron chi connectivity index (χ2n) is 6.77. The van der Waals surface area contributed by atoms with Crippen molar-refractivity contribution in [1.82, 2.24) is 34.8 Å². The van der Waals surface area contributed by atoms with E-state index in [0.29, 0.717) is 24.1 Å². The number of aryl methyl sites for hydroxylation is 1. The fourth-order valence-electron chi connectivity index (χ4n) is 3.08. The molecule has 0 bridgehead atoms. The Morgan fingerprint density at radius 2 is 2.00 bits per heavy atom. The summed E-state index contributed by atoms with van der Waals surface area (Å²) in [5.41, 5.74) is 2.17. The highest BCUT2D eigenvalue weighted by Crippen LogP contribution is 2.10. The lowest BCUT2D eigenvalue weighted by atomic mass is 10.1. The van der Waals surface area contributed by atoms with E-state index in [2.05, 4.69) is 25.6 Å². The molecular formula is C20H19N7O3. The van der Waals surface area contributed by atoms with Crippen LogP contribution < -0.4 is 16.4 Å². The van der Waals surface area contributed by atoms with Gasteiger partial charge in [0.2, 0.25) is 0 Å². The quantitative estimate of drug-likeness (QED) is 0.480. The predicted octanol–water partition coefficient (Wildman–Crippen LogP) is 0.463. The summed E-state index contributed by atoms with van der Waals surface area (Å²) in [6, 6.07) is 10.5. The summed E-state index contributed by atoms with van der Waals surface area (Å²) in [4.78, 5) is 40.3. The standard InChI is InChI=1S/C20H19N7O3/c1-13-4-2-3-5-14(13)11-26-12-22-18-15(20(26)30)10-23-27(18)9-8-21-19(29)16-6-7-17(28)25-24-16/h2-7,10,12H,8-9,11H2,1H3,(H,21,29)(H,25,28). The summed E-state index contributed by atoms with van der Waals surface area (Å²) in [7, 11) is 0. The molecule has 10 heteroatoms. The van der Waals surface area contributed by atoms with Crippen molar-refractivity contribution in [3.8, 4) is 0 Å². The minimum absolute atomic E-state index is 0.108. The zero-order chi connectivity index (χ0) is 21.1. The van der Waals surface area contributed by atoms with E-state index in [1.807, 2.05) is 31.2 Å². The Morgan fingerprint density at radius 3 is 2.77 bits per heavy atom. The van der Waals surface area contributed by atoms with Crippen LogP contribution in [0.1, 0.15) is 21.6 Å². The highest BCUT2D eigenvalue weighted by atomic mass is 16.2. The largest absolute Gasteiger partial charge is 0.349 e. The topological polar surface area (TPSA) is 128 Å². The highest BCUT2D eigenvalue weighted by Gasteiger charge is 2.12. The number of hydrogen-bond acceptors (Lipinski definition) is 6. The summed E-state index contributed by atoms with van der Waals surface area (Å²) in [6.07, 6.45) is 3.00. The van der Waals surface area contributed by atoms with Crippen molar-refractivity contribution in [2.75, 3.05) is 6.54 Å². The molecule has 0 aliphatic carbocycles. The SMILES string of the molecule is Cc1ccccc1Cn1cnc2c(cnn2CCNC(=O)c2ccc(=O)[nH]n2)c1=O. The molecule has 3 aromatic heterocycles. The monoisotopic (exact) mass is 405 g/mol. The fourth-order valence-corrected chi connectivity index (χ4v) is 3.08. The van der Waals surface area contributed by atoms with Gasteiger partial charge in [-0.1, -0.05) is 24.3 Å². The van der Waals surface area contributed by atoms with Crippen LogP contribution in [0, 0.1) is 6.92 Å². The minimum atomic E-state index is -0.420. The van der Waals surface area contributed by atoms with Gasteiger partial charge in [0, 0.05) is 12.6 Å². The lowest BCUT2D eigenvalue weighted by Crippen LogP contribution is -2.29. The van der Waals surface area contributed by atoms with Crippen LogP contribution in [0.25, 0.3) is 11.0 Å². The summed E-state index contributed by atoms with van der Waals surface area (Å²) >= 11 is 0. The maximum atomic E-state index is 12.8. The Bertz CT molecular complexity index is 1320. The Kier molecular flexibility index (Phi) is 5.21. The lowest BCUT2D eigenvalue weighted by molar-refractivity contribution is 0.0946. The second-order valence-corrected chi connectivity index (χ2v) is 6.77. The Hall–Kier alpha value is -4.08. The molecule has 152 valence electrons. The molecule has 0 saturated heterocycles. The molecule has 30 heavy (non-hydrogen) atoms. The number of H-pyrrole nitrogens is 1. The number of nitrogens with one attached hydrogen (secondary N) is 2. The molecule has 0 spiro atoms. The summed E-state index contributed by atoms with van der Waals surface area (Å²) in [5, 5.41) is 13.2. The maximum absolute atomic E-state index is 12.8. The van der Waals surface area contributed by atoms with Crippen LogP contribution >= 0.6 is 0 Å². The molecular weight excluding hydrogens is 386 g/mol. The van der Waals surface area contributed by atoms with Gasteiger partial charge in [-0.05, 0) is 24.1 Å². The number of nitrogens with zero attached hydrogens (tertiary/aromatic N) is 5. The van der Waals surface area contributed by atoms with Crippen molar-refractivity contribution in [2.45, 2.75) is 20.0 Å². The van der Waals surface area contributed by atoms with Crippen molar-refractivity contribution in [3.63, 3.8) is 0 Å². The zero-order valence-electron chi connectivity index (χ0n) is 16.2. The van der Waals surface area contributed by atoms with Crippen molar-refractivity contribution >= 4 is 16.9 Å². The number of aromatic nitrogens is 6. The van der Waals surface area contributed by atoms with E-state index in [4.69, 9.17) is 0 Å². The van der Waals surface area contributed by atoms with E-state index in [-0.39, 0.29) is 23.4 Å². The number of fused-ring (bicyclic) bond motifs is 1. The van der Waals surface area contributed by atoms with Crippen LogP contribution in [0.4, 0.5) is 0 Å². The molecule has 3 heterocycles. The van der Waals surface area contributed by atoms with Crippen molar-refractivity contribution in [2.24, 2.45) is 0 Å². The molecule has 1 aromatic carbocycles. The van der Waals surface area contributed by atoms with E-state index in [1.54, 1.807) is 9.25 Å². The van der Waals surface area contributed by atoms with Gasteiger partial charge in [-0.3, -0.25) is 19.0 Å². The zero-order valence-corrected chi connectivity index (χ0v) is 16.2. The van der Waals surface area contributed by atoms with Crippen LogP contribution in [0.15, 0.2) is 58.5 Å². The Labute approximate surface area is 170 Å². The van der Waals surface area contributed by atoms with Crippen LogP contribution in [0.5, 0.6) is 0 Å². The van der Waals surface area contributed by atoms with Crippen molar-refractivity contribution in [3.05, 3.63) is 86.5 Å². The molecule has 2 N–H and O–H groups in total. The molecule has 1 amide bonds. The number of hydrogen-bond donors (Lipinski definition) is 2. The van der Waals surface area contributed by atoms with Crippen molar-refractivity contribution in [1.29, 1.82) is 0 Å². The number of amides is 1. The van der Waals surface area contributed by atoms with E-state index >= 15 is 0 Å². The molecule has 0 radical (unpaired) electrons. The molecule has 0 aliphatic rings. The molecule has 4 aromatic rings. The Balaban J connectivity index is 1.47. The lowest BCUT2D eigenvalue weighted by Gasteiger charge is -2.09. The van der Waals surface area contributed by atoms with Gasteiger partial charge in [-0.2, -0.15) is 10.2 Å². The predicted molar refractivity (Wildman–Crippen MR) is 109 cm³/mol. The fraction of sp³-hybridized carbons (Fsp3) is 0.200. The molecule has 4 rings (SSSR count). The van der Waals surface area contributed by atoms with E-state index in [9.17, 15) is 14.4 Å². The summed E-state index contributed by atoms with van der Waals surface area (Å²) in [5.74, 6) is -0.420. The van der Waals surface area contributed by atoms with E-state index in [1.165, 1.54) is 24.7 Å². The van der Waals surface area contributed by atoms with Crippen LogP contribution in [-0.2, 0) is 13.1 Å². The smallest absolute Gasteiger partial charge is 0.271 e. The molecule has 0 fully saturated rings. The van der Waals surface area contributed by atoms with Gasteiger partial charge in [-0.15, -0.1) is 0 Å². The van der Waals surface area contributed by atoms with Gasteiger partial charge in [0.25, 0.3) is 17.0 Å². The highest BCUT2D eigenvalue weighted by molar-refractivity contribution is 5.91. The number of carbonyl (C=O) groups is 1. The second kappa shape index (κ2) is 8.11. The van der Waals surface area contributed by atoms with Gasteiger partial charge in [0.05, 0.1) is 19.3 Å². The van der Waals surface area contributed by atoms with E-state index in [0.717, 1.165) is 11.1 Å². The number of aromatic amines is 1. The minimum Gasteiger partial charge on any atom is -0.349 e. The maximum Gasteiger partial charge on any atom is 0.271 e. The number of benzene rings is 1. The average molecular weight is 405 g/mol. The van der Waals surface area contributed by atoms with Gasteiger partial charge < -0.3 is 5.32 Å². The molecule has 0 aliphatic heterocycles. The first-order valence-corrected chi connectivity index (χ1v) is 9.32. The van der Waals surface area contributed by atoms with Crippen LogP contribution in [-0.4, -0.2) is 42.0 Å². The third-order valence-electron chi connectivity index (χ3n) is 4.75. The third-order valence-corrected chi connectivity index (χ3v) is 4.75. The molecule has 0 atom stereocenters. The average Bonchev–Trinajstić information content (AvgIpc) is 3.16. The first-order chi connectivity index (χ1) is 14.5. The first-order valence-electron chi connectivity index (χ1n) is 9.32. The van der Waals surface area contributed by atoms with Gasteiger partial charge >= 0.3 is 0 Å². The third kappa shape index (κ3) is 3.88. The summed E-state index contributed by atoms with van der Waals surface area (Å²) in [6.45, 7) is 3.01. The van der Waals surface area contributed by atoms with E-state index < -0.39 is 5.91 Å². The van der Waals surface area contributed by atoms with Gasteiger partial charge in [-0.25, -0.2) is 14.8 Å². The van der Waals surface area contributed by atoms with Gasteiger partial charge in [0.1, 0.15) is 17.4 Å². The first kappa shape index (κ1) is 19.2. The molecule has 10 nitrogen and oxygen atoms in total. The molecule has 0 unspecified atom stereocenters.